The molecule has 0 saturated heterocycles. The van der Waals surface area contributed by atoms with Crippen molar-refractivity contribution in [1.82, 2.24) is 15.2 Å². The van der Waals surface area contributed by atoms with E-state index in [1.54, 1.807) is 86.1 Å². The second-order valence-electron chi connectivity index (χ2n) is 11.9. The van der Waals surface area contributed by atoms with E-state index in [1.165, 1.54) is 28.7 Å². The first-order chi connectivity index (χ1) is 25.4. The third-order valence-electron chi connectivity index (χ3n) is 8.10. The molecule has 3 heterocycles. The molecule has 2 aromatic heterocycles. The maximum Gasteiger partial charge on any atom is 0.341 e. The molecule has 52 heavy (non-hydrogen) atoms. The van der Waals surface area contributed by atoms with Crippen LogP contribution in [0.5, 0.6) is 0 Å². The van der Waals surface area contributed by atoms with Crippen molar-refractivity contribution in [2.24, 2.45) is 0 Å². The number of carbonyl (C=O) groups excluding carboxylic acids is 4. The number of nitrogens with one attached hydrogen (secondary N) is 3. The number of anilines is 2. The highest BCUT2D eigenvalue weighted by Crippen LogP contribution is 2.38. The maximum atomic E-state index is 13.5. The Morgan fingerprint density at radius 2 is 1.73 bits per heavy atom. The van der Waals surface area contributed by atoms with Crippen LogP contribution in [-0.2, 0) is 33.8 Å². The number of hydrogen-bond donors (Lipinski definition) is 3. The number of hydrogen-bond acceptors (Lipinski definition) is 9. The first-order valence-corrected chi connectivity index (χ1v) is 18.6. The number of fused-ring (bicyclic) bond motifs is 1. The van der Waals surface area contributed by atoms with Crippen molar-refractivity contribution in [3.8, 4) is 0 Å². The Morgan fingerprint density at radius 3 is 2.48 bits per heavy atom. The summed E-state index contributed by atoms with van der Waals surface area (Å²) in [6.07, 6.45) is 5.45. The van der Waals surface area contributed by atoms with E-state index in [0.717, 1.165) is 28.4 Å². The molecule has 6 rings (SSSR count). The molecule has 0 radical (unpaired) electrons. The van der Waals surface area contributed by atoms with Gasteiger partial charge in [-0.05, 0) is 72.5 Å². The van der Waals surface area contributed by atoms with Crippen LogP contribution in [0.15, 0.2) is 120 Å². The van der Waals surface area contributed by atoms with E-state index in [-0.39, 0.29) is 24.0 Å². The number of nitrogens with zero attached hydrogens (tertiary/aromatic N) is 2. The Hall–Kier alpha value is -5.56. The first kappa shape index (κ1) is 36.2. The minimum absolute atomic E-state index is 0.0403. The number of pyridine rings is 1. The fraction of sp³-hybridized carbons (Fsp3) is 0.175. The largest absolute Gasteiger partial charge is 0.462 e. The summed E-state index contributed by atoms with van der Waals surface area (Å²) in [6.45, 7) is 4.28. The molecule has 12 heteroatoms. The van der Waals surface area contributed by atoms with E-state index in [0.29, 0.717) is 40.3 Å². The molecule has 3 amide bonds. The van der Waals surface area contributed by atoms with Gasteiger partial charge in [0.25, 0.3) is 11.8 Å². The monoisotopic (exact) mass is 731 g/mol. The summed E-state index contributed by atoms with van der Waals surface area (Å²) in [5.74, 6) is -1.58. The van der Waals surface area contributed by atoms with Crippen LogP contribution in [-0.4, -0.2) is 52.5 Å². The van der Waals surface area contributed by atoms with Crippen LogP contribution < -0.4 is 16.0 Å². The Kier molecular flexibility index (Phi) is 12.3. The van der Waals surface area contributed by atoms with E-state index >= 15 is 0 Å². The van der Waals surface area contributed by atoms with Gasteiger partial charge in [0.05, 0.1) is 17.9 Å². The summed E-state index contributed by atoms with van der Waals surface area (Å²) >= 11 is 2.72. The number of thiophene rings is 1. The third-order valence-corrected chi connectivity index (χ3v) is 10.2. The molecule has 0 spiro atoms. The van der Waals surface area contributed by atoms with Crippen LogP contribution in [0.1, 0.15) is 49.2 Å². The first-order valence-electron chi connectivity index (χ1n) is 16.8. The van der Waals surface area contributed by atoms with Gasteiger partial charge >= 0.3 is 5.97 Å². The quantitative estimate of drug-likeness (QED) is 0.0670. The molecule has 5 aromatic rings. The molecule has 0 saturated carbocycles. The van der Waals surface area contributed by atoms with Gasteiger partial charge in [0, 0.05) is 53.1 Å². The molecule has 0 atom stereocenters. The fourth-order valence-electron chi connectivity index (χ4n) is 5.68. The minimum atomic E-state index is -0.525. The molecule has 1 aliphatic rings. The molecule has 0 aliphatic carbocycles. The van der Waals surface area contributed by atoms with Crippen molar-refractivity contribution in [2.75, 3.05) is 29.5 Å². The molecule has 3 N–H and O–H groups in total. The molecular weight excluding hydrogens is 695 g/mol. The van der Waals surface area contributed by atoms with Gasteiger partial charge in [-0.15, -0.1) is 23.1 Å². The zero-order chi connectivity index (χ0) is 36.3. The highest BCUT2D eigenvalue weighted by molar-refractivity contribution is 8.00. The van der Waals surface area contributed by atoms with Gasteiger partial charge in [-0.25, -0.2) is 4.79 Å². The average Bonchev–Trinajstić information content (AvgIpc) is 3.52. The second kappa shape index (κ2) is 17.6. The van der Waals surface area contributed by atoms with Crippen molar-refractivity contribution >= 4 is 63.6 Å². The molecule has 0 fully saturated rings. The molecular formula is C40H37N5O5S2. The average molecular weight is 732 g/mol. The highest BCUT2D eigenvalue weighted by Gasteiger charge is 2.29. The Morgan fingerprint density at radius 1 is 0.942 bits per heavy atom. The standard InChI is InChI=1S/C40H37N5O5S2/c1-2-50-40(49)36-32-18-20-45(24-27-11-5-3-6-12-27)25-34(32)52-39(36)44-35(46)26-51-31-17-9-16-30(22-31)42-38(48)33(21-28-13-10-19-41-23-28)43-37(47)29-14-7-4-8-15-29/h3-17,19,21-23H,2,18,20,24-26H2,1H3,(H,42,48)(H,43,47)(H,44,46)/b33-21-. The second-order valence-corrected chi connectivity index (χ2v) is 14.0. The predicted octanol–water partition coefficient (Wildman–Crippen LogP) is 7.02. The van der Waals surface area contributed by atoms with Crippen LogP contribution in [0.25, 0.3) is 6.08 Å². The summed E-state index contributed by atoms with van der Waals surface area (Å²) in [7, 11) is 0. The minimum Gasteiger partial charge on any atom is -0.462 e. The van der Waals surface area contributed by atoms with E-state index in [4.69, 9.17) is 4.74 Å². The molecule has 10 nitrogen and oxygen atoms in total. The topological polar surface area (TPSA) is 130 Å². The third kappa shape index (κ3) is 9.60. The lowest BCUT2D eigenvalue weighted by molar-refractivity contribution is -0.114. The van der Waals surface area contributed by atoms with Crippen molar-refractivity contribution in [3.63, 3.8) is 0 Å². The number of esters is 1. The van der Waals surface area contributed by atoms with Crippen LogP contribution in [0.3, 0.4) is 0 Å². The zero-order valence-electron chi connectivity index (χ0n) is 28.5. The smallest absolute Gasteiger partial charge is 0.341 e. The number of carbonyl (C=O) groups is 4. The van der Waals surface area contributed by atoms with Gasteiger partial charge in [0.1, 0.15) is 10.7 Å². The summed E-state index contributed by atoms with van der Waals surface area (Å²) in [6, 6.07) is 29.5. The van der Waals surface area contributed by atoms with Gasteiger partial charge in [0.2, 0.25) is 5.91 Å². The number of thioether (sulfide) groups is 1. The lowest BCUT2D eigenvalue weighted by Gasteiger charge is -2.27. The predicted molar refractivity (Wildman–Crippen MR) is 205 cm³/mol. The van der Waals surface area contributed by atoms with Crippen LogP contribution >= 0.6 is 23.1 Å². The molecule has 3 aromatic carbocycles. The summed E-state index contributed by atoms with van der Waals surface area (Å²) in [5, 5.41) is 9.05. The zero-order valence-corrected chi connectivity index (χ0v) is 30.1. The number of ether oxygens (including phenoxy) is 1. The van der Waals surface area contributed by atoms with Crippen molar-refractivity contribution in [1.29, 1.82) is 0 Å². The maximum absolute atomic E-state index is 13.5. The van der Waals surface area contributed by atoms with E-state index < -0.39 is 17.8 Å². The van der Waals surface area contributed by atoms with Gasteiger partial charge in [-0.1, -0.05) is 60.7 Å². The molecule has 264 valence electrons. The van der Waals surface area contributed by atoms with Crippen molar-refractivity contribution < 1.29 is 23.9 Å². The van der Waals surface area contributed by atoms with Gasteiger partial charge in [-0.2, -0.15) is 0 Å². The Labute approximate surface area is 310 Å². The number of benzene rings is 3. The van der Waals surface area contributed by atoms with Crippen molar-refractivity contribution in [2.45, 2.75) is 31.3 Å². The molecule has 1 aliphatic heterocycles. The number of amides is 3. The van der Waals surface area contributed by atoms with E-state index in [1.807, 2.05) is 24.3 Å². The van der Waals surface area contributed by atoms with Gasteiger partial charge in [0.15, 0.2) is 0 Å². The van der Waals surface area contributed by atoms with Gasteiger partial charge in [-0.3, -0.25) is 24.3 Å². The number of rotatable bonds is 13. The van der Waals surface area contributed by atoms with Crippen LogP contribution in [0.2, 0.25) is 0 Å². The molecule has 0 unspecified atom stereocenters. The van der Waals surface area contributed by atoms with E-state index in [2.05, 4.69) is 38.0 Å². The lowest BCUT2D eigenvalue weighted by atomic mass is 10.0. The highest BCUT2D eigenvalue weighted by atomic mass is 32.2. The number of aromatic nitrogens is 1. The Bertz CT molecular complexity index is 2070. The normalized spacial score (nSPS) is 12.8. The summed E-state index contributed by atoms with van der Waals surface area (Å²) < 4.78 is 5.40. The van der Waals surface area contributed by atoms with Crippen LogP contribution in [0.4, 0.5) is 10.7 Å². The molecule has 0 bridgehead atoms. The van der Waals surface area contributed by atoms with Gasteiger partial charge < -0.3 is 20.7 Å². The van der Waals surface area contributed by atoms with E-state index in [9.17, 15) is 19.2 Å². The summed E-state index contributed by atoms with van der Waals surface area (Å²) in [4.78, 5) is 61.0. The summed E-state index contributed by atoms with van der Waals surface area (Å²) in [5.41, 5.74) is 4.17. The Balaban J connectivity index is 1.11. The lowest BCUT2D eigenvalue weighted by Crippen LogP contribution is -2.30. The SMILES string of the molecule is CCOC(=O)c1c(NC(=O)CSc2cccc(NC(=O)/C(=C/c3cccnc3)NC(=O)c3ccccc3)c2)sc2c1CCN(Cc1ccccc1)C2. The fourth-order valence-corrected chi connectivity index (χ4v) is 7.73. The van der Waals surface area contributed by atoms with Crippen LogP contribution in [0, 0.1) is 0 Å². The van der Waals surface area contributed by atoms with Crippen molar-refractivity contribution in [3.05, 3.63) is 148 Å².